The van der Waals surface area contributed by atoms with Gasteiger partial charge in [-0.2, -0.15) is 5.10 Å². The third-order valence-corrected chi connectivity index (χ3v) is 3.91. The molecular weight excluding hydrogens is 234 g/mol. The minimum absolute atomic E-state index is 0.383. The van der Waals surface area contributed by atoms with E-state index < -0.39 is 0 Å². The first-order valence-electron chi connectivity index (χ1n) is 6.65. The summed E-state index contributed by atoms with van der Waals surface area (Å²) >= 11 is 6.13. The van der Waals surface area contributed by atoms with Crippen LogP contribution in [0, 0.1) is 0 Å². The molecule has 0 amide bonds. The Hall–Kier alpha value is -0.540. The molecule has 3 nitrogen and oxygen atoms in total. The van der Waals surface area contributed by atoms with E-state index in [0.717, 1.165) is 45.4 Å². The predicted octanol–water partition coefficient (Wildman–Crippen LogP) is 2.67. The topological polar surface area (TPSA) is 21.1 Å². The van der Waals surface area contributed by atoms with Crippen LogP contribution < -0.4 is 0 Å². The van der Waals surface area contributed by atoms with Crippen molar-refractivity contribution in [3.8, 4) is 0 Å². The number of hydrogen-bond acceptors (Lipinski definition) is 2. The van der Waals surface area contributed by atoms with Gasteiger partial charge in [-0.25, -0.2) is 0 Å². The molecule has 1 aromatic heterocycles. The lowest BCUT2D eigenvalue weighted by atomic mass is 10.1. The maximum absolute atomic E-state index is 6.13. The lowest BCUT2D eigenvalue weighted by Crippen LogP contribution is -2.34. The Morgan fingerprint density at radius 2 is 2.06 bits per heavy atom. The molecule has 2 heterocycles. The van der Waals surface area contributed by atoms with Crippen LogP contribution in [-0.4, -0.2) is 33.1 Å². The molecule has 4 heteroatoms. The fourth-order valence-electron chi connectivity index (χ4n) is 2.38. The Labute approximate surface area is 109 Å². The number of piperidine rings is 1. The highest BCUT2D eigenvalue weighted by Gasteiger charge is 2.18. The second-order valence-corrected chi connectivity index (χ2v) is 5.36. The number of aryl methyl sites for hydroxylation is 2. The van der Waals surface area contributed by atoms with Crippen molar-refractivity contribution in [3.63, 3.8) is 0 Å². The summed E-state index contributed by atoms with van der Waals surface area (Å²) in [4.78, 5) is 2.49. The van der Waals surface area contributed by atoms with Gasteiger partial charge in [0.1, 0.15) is 0 Å². The average molecular weight is 256 g/mol. The van der Waals surface area contributed by atoms with Gasteiger partial charge in [0, 0.05) is 18.5 Å². The standard InChI is InChI=1S/C13H22ClN3/c1-3-12-9-13(17(4-2)15-12)10-16-7-5-11(14)6-8-16/h9,11H,3-8,10H2,1-2H3. The van der Waals surface area contributed by atoms with Gasteiger partial charge >= 0.3 is 0 Å². The molecule has 1 saturated heterocycles. The number of aromatic nitrogens is 2. The highest BCUT2D eigenvalue weighted by Crippen LogP contribution is 2.18. The number of alkyl halides is 1. The number of hydrogen-bond donors (Lipinski definition) is 0. The van der Waals surface area contributed by atoms with Crippen molar-refractivity contribution >= 4 is 11.6 Å². The molecule has 0 N–H and O–H groups in total. The summed E-state index contributed by atoms with van der Waals surface area (Å²) in [5.41, 5.74) is 2.55. The molecule has 1 aliphatic rings. The second-order valence-electron chi connectivity index (χ2n) is 4.75. The molecule has 0 bridgehead atoms. The van der Waals surface area contributed by atoms with E-state index in [1.54, 1.807) is 0 Å². The minimum atomic E-state index is 0.383. The molecule has 17 heavy (non-hydrogen) atoms. The van der Waals surface area contributed by atoms with Crippen LogP contribution in [0.5, 0.6) is 0 Å². The molecule has 0 unspecified atom stereocenters. The summed E-state index contributed by atoms with van der Waals surface area (Å²) in [7, 11) is 0. The van der Waals surface area contributed by atoms with Gasteiger partial charge in [0.05, 0.1) is 11.4 Å². The largest absolute Gasteiger partial charge is 0.297 e. The summed E-state index contributed by atoms with van der Waals surface area (Å²) in [5, 5.41) is 4.97. The van der Waals surface area contributed by atoms with Crippen LogP contribution in [0.2, 0.25) is 0 Å². The van der Waals surface area contributed by atoms with Crippen LogP contribution in [-0.2, 0) is 19.5 Å². The van der Waals surface area contributed by atoms with E-state index >= 15 is 0 Å². The summed E-state index contributed by atoms with van der Waals surface area (Å²) in [6, 6.07) is 2.25. The second kappa shape index (κ2) is 5.87. The Balaban J connectivity index is 1.99. The molecule has 0 radical (unpaired) electrons. The molecule has 96 valence electrons. The molecule has 2 rings (SSSR count). The molecule has 0 spiro atoms. The van der Waals surface area contributed by atoms with Crippen LogP contribution in [0.4, 0.5) is 0 Å². The molecule has 0 atom stereocenters. The zero-order chi connectivity index (χ0) is 12.3. The first kappa shape index (κ1) is 12.9. The summed E-state index contributed by atoms with van der Waals surface area (Å²) in [6.45, 7) is 8.52. The first-order valence-corrected chi connectivity index (χ1v) is 7.08. The van der Waals surface area contributed by atoms with Gasteiger partial charge in [-0.05, 0) is 45.3 Å². The van der Waals surface area contributed by atoms with Crippen molar-refractivity contribution in [2.75, 3.05) is 13.1 Å². The summed E-state index contributed by atoms with van der Waals surface area (Å²) in [6.07, 6.45) is 3.24. The van der Waals surface area contributed by atoms with E-state index in [1.165, 1.54) is 11.4 Å². The van der Waals surface area contributed by atoms with Crippen molar-refractivity contribution in [1.29, 1.82) is 0 Å². The van der Waals surface area contributed by atoms with E-state index in [0.29, 0.717) is 5.38 Å². The van der Waals surface area contributed by atoms with E-state index in [-0.39, 0.29) is 0 Å². The molecule has 1 aromatic rings. The number of likely N-dealkylation sites (tertiary alicyclic amines) is 1. The first-order chi connectivity index (χ1) is 8.22. The van der Waals surface area contributed by atoms with Gasteiger partial charge in [0.2, 0.25) is 0 Å². The van der Waals surface area contributed by atoms with Crippen LogP contribution in [0.3, 0.4) is 0 Å². The Morgan fingerprint density at radius 1 is 1.35 bits per heavy atom. The van der Waals surface area contributed by atoms with Gasteiger partial charge in [-0.15, -0.1) is 11.6 Å². The summed E-state index contributed by atoms with van der Waals surface area (Å²) in [5.74, 6) is 0. The molecule has 0 aliphatic carbocycles. The number of rotatable bonds is 4. The highest BCUT2D eigenvalue weighted by atomic mass is 35.5. The summed E-state index contributed by atoms with van der Waals surface area (Å²) < 4.78 is 2.13. The van der Waals surface area contributed by atoms with Crippen LogP contribution in [0.1, 0.15) is 38.1 Å². The van der Waals surface area contributed by atoms with Crippen molar-refractivity contribution < 1.29 is 0 Å². The van der Waals surface area contributed by atoms with Gasteiger partial charge < -0.3 is 0 Å². The number of halogens is 1. The number of nitrogens with zero attached hydrogens (tertiary/aromatic N) is 3. The monoisotopic (exact) mass is 255 g/mol. The highest BCUT2D eigenvalue weighted by molar-refractivity contribution is 6.20. The average Bonchev–Trinajstić information content (AvgIpc) is 2.74. The minimum Gasteiger partial charge on any atom is -0.297 e. The van der Waals surface area contributed by atoms with Crippen molar-refractivity contribution in [2.24, 2.45) is 0 Å². The smallest absolute Gasteiger partial charge is 0.0625 e. The Kier molecular flexibility index (Phi) is 4.46. The zero-order valence-corrected chi connectivity index (χ0v) is 11.6. The van der Waals surface area contributed by atoms with E-state index in [4.69, 9.17) is 11.6 Å². The van der Waals surface area contributed by atoms with Crippen molar-refractivity contribution in [2.45, 2.75) is 51.6 Å². The van der Waals surface area contributed by atoms with E-state index in [2.05, 4.69) is 34.6 Å². The SMILES string of the molecule is CCc1cc(CN2CCC(Cl)CC2)n(CC)n1. The molecule has 1 aliphatic heterocycles. The molecular formula is C13H22ClN3. The van der Waals surface area contributed by atoms with Crippen LogP contribution in [0.25, 0.3) is 0 Å². The van der Waals surface area contributed by atoms with Crippen molar-refractivity contribution in [3.05, 3.63) is 17.5 Å². The molecule has 1 fully saturated rings. The van der Waals surface area contributed by atoms with Gasteiger partial charge in [-0.1, -0.05) is 6.92 Å². The zero-order valence-electron chi connectivity index (χ0n) is 10.8. The van der Waals surface area contributed by atoms with Gasteiger partial charge in [-0.3, -0.25) is 9.58 Å². The Morgan fingerprint density at radius 3 is 2.65 bits per heavy atom. The maximum Gasteiger partial charge on any atom is 0.0625 e. The van der Waals surface area contributed by atoms with Crippen LogP contribution >= 0.6 is 11.6 Å². The third-order valence-electron chi connectivity index (χ3n) is 3.48. The lowest BCUT2D eigenvalue weighted by molar-refractivity contribution is 0.217. The predicted molar refractivity (Wildman–Crippen MR) is 71.4 cm³/mol. The molecule has 0 aromatic carbocycles. The third kappa shape index (κ3) is 3.23. The lowest BCUT2D eigenvalue weighted by Gasteiger charge is -2.29. The van der Waals surface area contributed by atoms with Crippen LogP contribution in [0.15, 0.2) is 6.07 Å². The quantitative estimate of drug-likeness (QED) is 0.772. The molecule has 0 saturated carbocycles. The van der Waals surface area contributed by atoms with Gasteiger partial charge in [0.25, 0.3) is 0 Å². The van der Waals surface area contributed by atoms with Crippen molar-refractivity contribution in [1.82, 2.24) is 14.7 Å². The fraction of sp³-hybridized carbons (Fsp3) is 0.769. The normalized spacial score (nSPS) is 18.8. The van der Waals surface area contributed by atoms with E-state index in [9.17, 15) is 0 Å². The van der Waals surface area contributed by atoms with E-state index in [1.807, 2.05) is 0 Å². The fourth-order valence-corrected chi connectivity index (χ4v) is 2.57. The maximum atomic E-state index is 6.13. The Bertz CT molecular complexity index is 354. The van der Waals surface area contributed by atoms with Gasteiger partial charge in [0.15, 0.2) is 0 Å².